The van der Waals surface area contributed by atoms with Crippen LogP contribution in [-0.4, -0.2) is 26.0 Å². The fourth-order valence-corrected chi connectivity index (χ4v) is 3.57. The molecule has 1 aliphatic carbocycles. The Balaban J connectivity index is 1.56. The van der Waals surface area contributed by atoms with Gasteiger partial charge in [0.1, 0.15) is 0 Å². The monoisotopic (exact) mass is 345 g/mol. The van der Waals surface area contributed by atoms with Gasteiger partial charge in [-0.1, -0.05) is 31.9 Å². The van der Waals surface area contributed by atoms with Gasteiger partial charge in [-0.05, 0) is 43.0 Å². The van der Waals surface area contributed by atoms with Crippen molar-refractivity contribution in [1.29, 1.82) is 0 Å². The summed E-state index contributed by atoms with van der Waals surface area (Å²) in [7, 11) is 0. The number of nitrogens with zero attached hydrogens (tertiary/aromatic N) is 4. The predicted molar refractivity (Wildman–Crippen MR) is 105 cm³/mol. The summed E-state index contributed by atoms with van der Waals surface area (Å²) in [6.07, 6.45) is 11.6. The highest BCUT2D eigenvalue weighted by Crippen LogP contribution is 2.26. The van der Waals surface area contributed by atoms with Gasteiger partial charge < -0.3 is 5.32 Å². The minimum atomic E-state index is 0.497. The molecule has 0 saturated heterocycles. The second-order valence-corrected chi connectivity index (χ2v) is 6.91. The number of nitrogens with one attached hydrogen (secondary N) is 1. The molecule has 1 aliphatic rings. The molecule has 1 N–H and O–H groups in total. The average Bonchev–Trinajstić information content (AvgIpc) is 2.68. The van der Waals surface area contributed by atoms with E-state index in [4.69, 9.17) is 0 Å². The van der Waals surface area contributed by atoms with Gasteiger partial charge in [0.05, 0.1) is 16.7 Å². The Morgan fingerprint density at radius 2 is 1.81 bits per heavy atom. The van der Waals surface area contributed by atoms with Gasteiger partial charge in [0, 0.05) is 30.2 Å². The van der Waals surface area contributed by atoms with E-state index in [2.05, 4.69) is 31.8 Å². The van der Waals surface area contributed by atoms with Crippen molar-refractivity contribution in [3.8, 4) is 0 Å². The van der Waals surface area contributed by atoms with Crippen LogP contribution in [0.3, 0.4) is 0 Å². The van der Waals surface area contributed by atoms with Crippen LogP contribution in [0.2, 0.25) is 0 Å². The number of rotatable bonds is 4. The van der Waals surface area contributed by atoms with Crippen LogP contribution in [0.4, 0.5) is 5.95 Å². The van der Waals surface area contributed by atoms with E-state index >= 15 is 0 Å². The van der Waals surface area contributed by atoms with Crippen LogP contribution in [-0.2, 0) is 0 Å². The summed E-state index contributed by atoms with van der Waals surface area (Å²) in [6.45, 7) is 6.27. The first kappa shape index (κ1) is 16.6. The van der Waals surface area contributed by atoms with Crippen LogP contribution in [0, 0.1) is 6.92 Å². The highest BCUT2D eigenvalue weighted by Gasteiger charge is 2.15. The van der Waals surface area contributed by atoms with Crippen molar-refractivity contribution in [2.45, 2.75) is 45.1 Å². The quantitative estimate of drug-likeness (QED) is 0.752. The van der Waals surface area contributed by atoms with Gasteiger partial charge in [-0.25, -0.2) is 9.97 Å². The number of hydrogen-bond acceptors (Lipinski definition) is 5. The third-order valence-electron chi connectivity index (χ3n) is 5.06. The van der Waals surface area contributed by atoms with Crippen LogP contribution >= 0.6 is 0 Å². The molecule has 0 spiro atoms. The number of hydrogen-bond donors (Lipinski definition) is 1. The molecule has 0 atom stereocenters. The van der Waals surface area contributed by atoms with Crippen LogP contribution in [0.1, 0.15) is 48.9 Å². The molecule has 1 saturated carbocycles. The van der Waals surface area contributed by atoms with Gasteiger partial charge in [0.2, 0.25) is 5.95 Å². The van der Waals surface area contributed by atoms with Gasteiger partial charge in [0.15, 0.2) is 0 Å². The third kappa shape index (κ3) is 3.43. The molecular weight excluding hydrogens is 322 g/mol. The third-order valence-corrected chi connectivity index (χ3v) is 5.06. The summed E-state index contributed by atoms with van der Waals surface area (Å²) in [5.74, 6) is 0.718. The molecule has 0 unspecified atom stereocenters. The number of benzene rings is 1. The van der Waals surface area contributed by atoms with E-state index in [0.717, 1.165) is 39.4 Å². The molecule has 2 heterocycles. The maximum atomic E-state index is 4.67. The summed E-state index contributed by atoms with van der Waals surface area (Å²) < 4.78 is 0. The van der Waals surface area contributed by atoms with E-state index in [1.807, 2.05) is 31.3 Å². The summed E-state index contributed by atoms with van der Waals surface area (Å²) >= 11 is 0. The van der Waals surface area contributed by atoms with E-state index < -0.39 is 0 Å². The molecule has 3 aromatic rings. The number of aromatic nitrogens is 4. The first-order chi connectivity index (χ1) is 12.7. The number of fused-ring (bicyclic) bond motifs is 1. The molecule has 0 bridgehead atoms. The molecule has 1 aromatic carbocycles. The fraction of sp³-hybridized carbons (Fsp3) is 0.333. The van der Waals surface area contributed by atoms with E-state index in [0.29, 0.717) is 6.04 Å². The zero-order valence-electron chi connectivity index (χ0n) is 15.1. The maximum absolute atomic E-state index is 4.67. The molecule has 5 heteroatoms. The Labute approximate surface area is 153 Å². The molecule has 26 heavy (non-hydrogen) atoms. The van der Waals surface area contributed by atoms with Gasteiger partial charge in [0.25, 0.3) is 0 Å². The lowest BCUT2D eigenvalue weighted by Gasteiger charge is -2.23. The summed E-state index contributed by atoms with van der Waals surface area (Å²) in [5, 5.41) is 3.48. The maximum Gasteiger partial charge on any atom is 0.223 e. The largest absolute Gasteiger partial charge is 0.351 e. The van der Waals surface area contributed by atoms with Gasteiger partial charge in [-0.15, -0.1) is 0 Å². The SMILES string of the molecule is C=C(c1ccc2nccnc2c1)c1cnc(NC2CCCCC2)nc1C. The second-order valence-electron chi connectivity index (χ2n) is 6.91. The standard InChI is InChI=1S/C21H23N5/c1-14(16-8-9-19-20(12-16)23-11-10-22-19)18-13-24-21(25-15(18)2)26-17-6-4-3-5-7-17/h8-13,17H,1,3-7H2,2H3,(H,24,25,26). The molecule has 0 amide bonds. The zero-order chi connectivity index (χ0) is 17.9. The molecule has 0 aliphatic heterocycles. The van der Waals surface area contributed by atoms with E-state index in [1.54, 1.807) is 12.4 Å². The van der Waals surface area contributed by atoms with Crippen LogP contribution < -0.4 is 5.32 Å². The number of aryl methyl sites for hydroxylation is 1. The fourth-order valence-electron chi connectivity index (χ4n) is 3.57. The van der Waals surface area contributed by atoms with Gasteiger partial charge in [-0.2, -0.15) is 0 Å². The predicted octanol–water partition coefficient (Wildman–Crippen LogP) is 4.53. The van der Waals surface area contributed by atoms with Gasteiger partial charge in [-0.3, -0.25) is 9.97 Å². The molecule has 0 radical (unpaired) electrons. The molecular formula is C21H23N5. The summed E-state index contributed by atoms with van der Waals surface area (Å²) in [4.78, 5) is 17.9. The van der Waals surface area contributed by atoms with Crippen molar-refractivity contribution in [3.63, 3.8) is 0 Å². The lowest BCUT2D eigenvalue weighted by Crippen LogP contribution is -2.23. The minimum Gasteiger partial charge on any atom is -0.351 e. The molecule has 1 fully saturated rings. The Morgan fingerprint density at radius 1 is 1.04 bits per heavy atom. The van der Waals surface area contributed by atoms with E-state index in [9.17, 15) is 0 Å². The Hall–Kier alpha value is -2.82. The number of anilines is 1. The van der Waals surface area contributed by atoms with Crippen molar-refractivity contribution in [3.05, 3.63) is 60.2 Å². The lowest BCUT2D eigenvalue weighted by atomic mass is 9.96. The smallest absolute Gasteiger partial charge is 0.223 e. The highest BCUT2D eigenvalue weighted by molar-refractivity contribution is 5.85. The van der Waals surface area contributed by atoms with Crippen molar-refractivity contribution in [1.82, 2.24) is 19.9 Å². The van der Waals surface area contributed by atoms with Crippen molar-refractivity contribution >= 4 is 22.6 Å². The zero-order valence-corrected chi connectivity index (χ0v) is 15.1. The molecule has 4 rings (SSSR count). The summed E-state index contributed by atoms with van der Waals surface area (Å²) in [5.41, 5.74) is 5.55. The highest BCUT2D eigenvalue weighted by atomic mass is 15.1. The lowest BCUT2D eigenvalue weighted by molar-refractivity contribution is 0.460. The summed E-state index contributed by atoms with van der Waals surface area (Å²) in [6, 6.07) is 6.50. The Morgan fingerprint density at radius 3 is 2.58 bits per heavy atom. The van der Waals surface area contributed by atoms with E-state index in [1.165, 1.54) is 32.1 Å². The first-order valence-corrected chi connectivity index (χ1v) is 9.21. The Kier molecular flexibility index (Phi) is 4.61. The first-order valence-electron chi connectivity index (χ1n) is 9.21. The minimum absolute atomic E-state index is 0.497. The Bertz CT molecular complexity index is 944. The van der Waals surface area contributed by atoms with E-state index in [-0.39, 0.29) is 0 Å². The van der Waals surface area contributed by atoms with Crippen LogP contribution in [0.15, 0.2) is 43.4 Å². The second kappa shape index (κ2) is 7.20. The topological polar surface area (TPSA) is 63.6 Å². The van der Waals surface area contributed by atoms with Gasteiger partial charge >= 0.3 is 0 Å². The normalized spacial score (nSPS) is 15.1. The van der Waals surface area contributed by atoms with Crippen molar-refractivity contribution in [2.24, 2.45) is 0 Å². The van der Waals surface area contributed by atoms with Crippen molar-refractivity contribution < 1.29 is 0 Å². The molecule has 132 valence electrons. The van der Waals surface area contributed by atoms with Crippen LogP contribution in [0.25, 0.3) is 16.6 Å². The molecule has 2 aromatic heterocycles. The average molecular weight is 345 g/mol. The van der Waals surface area contributed by atoms with Crippen molar-refractivity contribution in [2.75, 3.05) is 5.32 Å². The molecule has 5 nitrogen and oxygen atoms in total. The van der Waals surface area contributed by atoms with Crippen LogP contribution in [0.5, 0.6) is 0 Å².